The van der Waals surface area contributed by atoms with Crippen LogP contribution in [-0.2, 0) is 7.05 Å². The summed E-state index contributed by atoms with van der Waals surface area (Å²) in [5.74, 6) is 0.485. The zero-order valence-corrected chi connectivity index (χ0v) is 10.9. The van der Waals surface area contributed by atoms with Crippen molar-refractivity contribution in [3.8, 4) is 11.4 Å². The minimum Gasteiger partial charge on any atom is -0.399 e. The first-order valence-corrected chi connectivity index (χ1v) is 6.03. The fourth-order valence-electron chi connectivity index (χ4n) is 1.77. The largest absolute Gasteiger partial charge is 0.399 e. The second-order valence-corrected chi connectivity index (χ2v) is 4.29. The van der Waals surface area contributed by atoms with Gasteiger partial charge in [-0.3, -0.25) is 4.68 Å². The standard InChI is InChI=1S/C13H13N7/c1-20-8-12(18-19-20)11-5-6-15-13(17-11)16-10-4-2-3-9(14)7-10/h2-8H,14H2,1H3,(H,15,16,17). The van der Waals surface area contributed by atoms with E-state index in [9.17, 15) is 0 Å². The molecule has 2 heterocycles. The number of nitrogens with one attached hydrogen (secondary N) is 1. The lowest BCUT2D eigenvalue weighted by atomic mass is 10.3. The Labute approximate surface area is 115 Å². The van der Waals surface area contributed by atoms with Crippen LogP contribution in [-0.4, -0.2) is 25.0 Å². The van der Waals surface area contributed by atoms with E-state index in [1.54, 1.807) is 23.1 Å². The molecule has 0 atom stereocenters. The number of nitrogen functional groups attached to an aromatic ring is 1. The van der Waals surface area contributed by atoms with Gasteiger partial charge in [0.05, 0.1) is 11.9 Å². The first-order valence-electron chi connectivity index (χ1n) is 6.03. The number of nitrogens with two attached hydrogens (primary N) is 1. The monoisotopic (exact) mass is 267 g/mol. The second kappa shape index (κ2) is 4.96. The van der Waals surface area contributed by atoms with Crippen molar-refractivity contribution in [1.82, 2.24) is 25.0 Å². The van der Waals surface area contributed by atoms with Crippen LogP contribution in [0, 0.1) is 0 Å². The lowest BCUT2D eigenvalue weighted by Crippen LogP contribution is -1.98. The number of hydrogen-bond acceptors (Lipinski definition) is 6. The van der Waals surface area contributed by atoms with Crippen molar-refractivity contribution in [3.05, 3.63) is 42.7 Å². The number of anilines is 3. The van der Waals surface area contributed by atoms with Crippen LogP contribution in [0.15, 0.2) is 42.7 Å². The molecule has 3 aromatic rings. The molecule has 2 aromatic heterocycles. The van der Waals surface area contributed by atoms with Gasteiger partial charge < -0.3 is 11.1 Å². The molecule has 0 saturated heterocycles. The van der Waals surface area contributed by atoms with E-state index < -0.39 is 0 Å². The topological polar surface area (TPSA) is 94.5 Å². The highest BCUT2D eigenvalue weighted by atomic mass is 15.4. The van der Waals surface area contributed by atoms with E-state index in [2.05, 4.69) is 25.6 Å². The Morgan fingerprint density at radius 2 is 2.10 bits per heavy atom. The Kier molecular flexibility index (Phi) is 3.00. The van der Waals surface area contributed by atoms with Gasteiger partial charge in [0.25, 0.3) is 0 Å². The third-order valence-electron chi connectivity index (χ3n) is 2.66. The van der Waals surface area contributed by atoms with Gasteiger partial charge in [-0.05, 0) is 24.3 Å². The summed E-state index contributed by atoms with van der Waals surface area (Å²) in [7, 11) is 1.81. The summed E-state index contributed by atoms with van der Waals surface area (Å²) in [5.41, 5.74) is 8.66. The second-order valence-electron chi connectivity index (χ2n) is 4.29. The molecule has 7 nitrogen and oxygen atoms in total. The van der Waals surface area contributed by atoms with Crippen molar-refractivity contribution in [3.63, 3.8) is 0 Å². The highest BCUT2D eigenvalue weighted by Gasteiger charge is 2.06. The minimum absolute atomic E-state index is 0.485. The Morgan fingerprint density at radius 1 is 1.20 bits per heavy atom. The predicted octanol–water partition coefficient (Wildman–Crippen LogP) is 1.60. The van der Waals surface area contributed by atoms with Crippen LogP contribution in [0.1, 0.15) is 0 Å². The average molecular weight is 267 g/mol. The van der Waals surface area contributed by atoms with Gasteiger partial charge in [0.1, 0.15) is 5.69 Å². The van der Waals surface area contributed by atoms with E-state index in [1.165, 1.54) is 0 Å². The maximum Gasteiger partial charge on any atom is 0.227 e. The highest BCUT2D eigenvalue weighted by Crippen LogP contribution is 2.18. The molecular formula is C13H13N7. The van der Waals surface area contributed by atoms with Gasteiger partial charge in [0.2, 0.25) is 5.95 Å². The van der Waals surface area contributed by atoms with Crippen molar-refractivity contribution in [1.29, 1.82) is 0 Å². The Balaban J connectivity index is 1.88. The maximum atomic E-state index is 5.73. The smallest absolute Gasteiger partial charge is 0.227 e. The molecule has 0 bridgehead atoms. The van der Waals surface area contributed by atoms with Crippen LogP contribution in [0.5, 0.6) is 0 Å². The van der Waals surface area contributed by atoms with Gasteiger partial charge in [-0.2, -0.15) is 0 Å². The Bertz CT molecular complexity index is 735. The molecule has 20 heavy (non-hydrogen) atoms. The molecule has 0 aliphatic rings. The van der Waals surface area contributed by atoms with Crippen molar-refractivity contribution in [2.75, 3.05) is 11.1 Å². The lowest BCUT2D eigenvalue weighted by Gasteiger charge is -2.05. The van der Waals surface area contributed by atoms with Crippen molar-refractivity contribution in [2.45, 2.75) is 0 Å². The van der Waals surface area contributed by atoms with Crippen LogP contribution >= 0.6 is 0 Å². The fourth-order valence-corrected chi connectivity index (χ4v) is 1.77. The summed E-state index contributed by atoms with van der Waals surface area (Å²) in [5, 5.41) is 11.0. The number of aromatic nitrogens is 5. The fraction of sp³-hybridized carbons (Fsp3) is 0.0769. The van der Waals surface area contributed by atoms with E-state index in [0.717, 1.165) is 5.69 Å². The summed E-state index contributed by atoms with van der Waals surface area (Å²) >= 11 is 0. The zero-order valence-electron chi connectivity index (χ0n) is 10.9. The van der Waals surface area contributed by atoms with E-state index >= 15 is 0 Å². The van der Waals surface area contributed by atoms with Crippen LogP contribution < -0.4 is 11.1 Å². The van der Waals surface area contributed by atoms with Gasteiger partial charge >= 0.3 is 0 Å². The van der Waals surface area contributed by atoms with Crippen molar-refractivity contribution < 1.29 is 0 Å². The number of rotatable bonds is 3. The molecule has 1 aromatic carbocycles. The number of aryl methyl sites for hydroxylation is 1. The van der Waals surface area contributed by atoms with Crippen molar-refractivity contribution in [2.24, 2.45) is 7.05 Å². The van der Waals surface area contributed by atoms with Gasteiger partial charge in [0.15, 0.2) is 0 Å². The zero-order chi connectivity index (χ0) is 13.9. The molecular weight excluding hydrogens is 254 g/mol. The summed E-state index contributed by atoms with van der Waals surface area (Å²) in [6, 6.07) is 9.19. The molecule has 0 spiro atoms. The third-order valence-corrected chi connectivity index (χ3v) is 2.66. The summed E-state index contributed by atoms with van der Waals surface area (Å²) < 4.78 is 1.63. The summed E-state index contributed by atoms with van der Waals surface area (Å²) in [4.78, 5) is 8.58. The molecule has 0 amide bonds. The van der Waals surface area contributed by atoms with Crippen LogP contribution in [0.3, 0.4) is 0 Å². The number of benzene rings is 1. The Morgan fingerprint density at radius 3 is 2.85 bits per heavy atom. The molecule has 0 fully saturated rings. The Hall–Kier alpha value is -2.96. The maximum absolute atomic E-state index is 5.73. The predicted molar refractivity (Wildman–Crippen MR) is 76.2 cm³/mol. The van der Waals surface area contributed by atoms with E-state index in [0.29, 0.717) is 23.0 Å². The number of hydrogen-bond donors (Lipinski definition) is 2. The van der Waals surface area contributed by atoms with E-state index in [-0.39, 0.29) is 0 Å². The van der Waals surface area contributed by atoms with Crippen LogP contribution in [0.4, 0.5) is 17.3 Å². The lowest BCUT2D eigenvalue weighted by molar-refractivity contribution is 0.715. The first kappa shape index (κ1) is 12.1. The van der Waals surface area contributed by atoms with Gasteiger partial charge in [-0.25, -0.2) is 9.97 Å². The van der Waals surface area contributed by atoms with Gasteiger partial charge in [0, 0.05) is 24.6 Å². The molecule has 0 saturated carbocycles. The molecule has 0 radical (unpaired) electrons. The van der Waals surface area contributed by atoms with Crippen molar-refractivity contribution >= 4 is 17.3 Å². The SMILES string of the molecule is Cn1cc(-c2ccnc(Nc3cccc(N)c3)n2)nn1. The molecule has 0 unspecified atom stereocenters. The summed E-state index contributed by atoms with van der Waals surface area (Å²) in [6.45, 7) is 0. The molecule has 0 aliphatic carbocycles. The normalized spacial score (nSPS) is 10.4. The molecule has 3 rings (SSSR count). The molecule has 3 N–H and O–H groups in total. The molecule has 100 valence electrons. The first-order chi connectivity index (χ1) is 9.70. The third kappa shape index (κ3) is 2.56. The highest BCUT2D eigenvalue weighted by molar-refractivity contribution is 5.61. The summed E-state index contributed by atoms with van der Waals surface area (Å²) in [6.07, 6.45) is 3.47. The molecule has 7 heteroatoms. The van der Waals surface area contributed by atoms with E-state index in [4.69, 9.17) is 5.73 Å². The van der Waals surface area contributed by atoms with Crippen LogP contribution in [0.25, 0.3) is 11.4 Å². The number of nitrogens with zero attached hydrogens (tertiary/aromatic N) is 5. The van der Waals surface area contributed by atoms with Gasteiger partial charge in [-0.15, -0.1) is 5.10 Å². The van der Waals surface area contributed by atoms with Gasteiger partial charge in [-0.1, -0.05) is 11.3 Å². The molecule has 0 aliphatic heterocycles. The quantitative estimate of drug-likeness (QED) is 0.700. The minimum atomic E-state index is 0.485. The van der Waals surface area contributed by atoms with Crippen LogP contribution in [0.2, 0.25) is 0 Å². The average Bonchev–Trinajstić information content (AvgIpc) is 2.86. The van der Waals surface area contributed by atoms with E-state index in [1.807, 2.05) is 31.3 Å².